The molecule has 0 aliphatic carbocycles. The van der Waals surface area contributed by atoms with E-state index in [1.54, 1.807) is 28.5 Å². The number of rotatable bonds is 2. The molecule has 0 radical (unpaired) electrons. The van der Waals surface area contributed by atoms with Crippen LogP contribution in [0.5, 0.6) is 0 Å². The second-order valence-corrected chi connectivity index (χ2v) is 5.26. The van der Waals surface area contributed by atoms with E-state index >= 15 is 0 Å². The van der Waals surface area contributed by atoms with E-state index in [2.05, 4.69) is 10.1 Å². The first kappa shape index (κ1) is 13.3. The smallest absolute Gasteiger partial charge is 0.181 e. The van der Waals surface area contributed by atoms with E-state index < -0.39 is 0 Å². The summed E-state index contributed by atoms with van der Waals surface area (Å²) in [4.78, 5) is 4.13. The number of aryl methyl sites for hydroxylation is 1. The molecule has 0 saturated heterocycles. The lowest BCUT2D eigenvalue weighted by Crippen LogP contribution is -2.18. The summed E-state index contributed by atoms with van der Waals surface area (Å²) in [5.41, 5.74) is 2.32. The number of aromatic nitrogens is 3. The molecule has 104 valence electrons. The van der Waals surface area contributed by atoms with E-state index in [1.807, 2.05) is 12.1 Å². The minimum atomic E-state index is -0.246. The van der Waals surface area contributed by atoms with Crippen LogP contribution in [-0.2, 0) is 7.05 Å². The van der Waals surface area contributed by atoms with E-state index in [4.69, 9.17) is 11.8 Å². The molecule has 0 spiro atoms. The zero-order valence-electron chi connectivity index (χ0n) is 11.1. The molecular formula is C14H14ClFN4. The fourth-order valence-electron chi connectivity index (χ4n) is 2.28. The van der Waals surface area contributed by atoms with Crippen molar-refractivity contribution in [2.45, 2.75) is 6.42 Å². The molecule has 1 aromatic carbocycles. The van der Waals surface area contributed by atoms with Gasteiger partial charge in [-0.1, -0.05) is 18.2 Å². The predicted octanol–water partition coefficient (Wildman–Crippen LogP) is 2.86. The summed E-state index contributed by atoms with van der Waals surface area (Å²) in [5, 5.41) is 4.17. The summed E-state index contributed by atoms with van der Waals surface area (Å²) in [6.07, 6.45) is 4.31. The molecule has 20 heavy (non-hydrogen) atoms. The summed E-state index contributed by atoms with van der Waals surface area (Å²) < 4.78 is 17.6. The Morgan fingerprint density at radius 3 is 2.80 bits per heavy atom. The maximum atomic E-state index is 14.3. The molecule has 2 aromatic rings. The number of benzene rings is 1. The first-order chi connectivity index (χ1) is 9.63. The van der Waals surface area contributed by atoms with Gasteiger partial charge in [0.15, 0.2) is 5.82 Å². The van der Waals surface area contributed by atoms with Gasteiger partial charge >= 0.3 is 0 Å². The Kier molecular flexibility index (Phi) is 3.54. The highest BCUT2D eigenvalue weighted by Gasteiger charge is 2.15. The molecule has 4 nitrogen and oxygen atoms in total. The minimum absolute atomic E-state index is 0.246. The fraction of sp³-hybridized carbons (Fsp3) is 0.286. The third-order valence-electron chi connectivity index (χ3n) is 3.33. The van der Waals surface area contributed by atoms with Gasteiger partial charge in [-0.3, -0.25) is 4.68 Å². The first-order valence-corrected chi connectivity index (χ1v) is 6.73. The lowest BCUT2D eigenvalue weighted by Gasteiger charge is -2.20. The Bertz CT molecular complexity index is 665. The molecule has 1 aliphatic rings. The van der Waals surface area contributed by atoms with Gasteiger partial charge in [-0.15, -0.1) is 0 Å². The van der Waals surface area contributed by atoms with Crippen LogP contribution in [0.15, 0.2) is 30.6 Å². The van der Waals surface area contributed by atoms with Crippen LogP contribution in [0.25, 0.3) is 17.0 Å². The van der Waals surface area contributed by atoms with Crippen molar-refractivity contribution < 1.29 is 4.39 Å². The Hall–Kier alpha value is -1.72. The van der Waals surface area contributed by atoms with E-state index in [0.29, 0.717) is 23.5 Å². The maximum Gasteiger partial charge on any atom is 0.181 e. The Morgan fingerprint density at radius 1 is 1.35 bits per heavy atom. The molecule has 0 bridgehead atoms. The highest BCUT2D eigenvalue weighted by atomic mass is 35.5. The van der Waals surface area contributed by atoms with Crippen LogP contribution >= 0.6 is 11.8 Å². The van der Waals surface area contributed by atoms with E-state index in [0.717, 1.165) is 18.5 Å². The third-order valence-corrected chi connectivity index (χ3v) is 3.64. The quantitative estimate of drug-likeness (QED) is 0.798. The van der Waals surface area contributed by atoms with Gasteiger partial charge in [0.25, 0.3) is 0 Å². The van der Waals surface area contributed by atoms with Crippen LogP contribution in [0, 0.1) is 5.82 Å². The maximum absolute atomic E-state index is 14.3. The molecule has 0 saturated carbocycles. The molecule has 0 unspecified atom stereocenters. The van der Waals surface area contributed by atoms with Crippen LogP contribution in [0.2, 0.25) is 0 Å². The van der Waals surface area contributed by atoms with Gasteiger partial charge in [-0.05, 0) is 29.8 Å². The van der Waals surface area contributed by atoms with Crippen molar-refractivity contribution >= 4 is 17.3 Å². The number of halogens is 2. The van der Waals surface area contributed by atoms with Crippen molar-refractivity contribution in [3.8, 4) is 11.4 Å². The Labute approximate surface area is 121 Å². The number of hydrogen-bond acceptors (Lipinski definition) is 3. The van der Waals surface area contributed by atoms with Crippen molar-refractivity contribution in [1.82, 2.24) is 19.2 Å². The lowest BCUT2D eigenvalue weighted by atomic mass is 9.98. The van der Waals surface area contributed by atoms with E-state index in [1.165, 1.54) is 6.07 Å². The van der Waals surface area contributed by atoms with E-state index in [9.17, 15) is 4.39 Å². The summed E-state index contributed by atoms with van der Waals surface area (Å²) in [6, 6.07) is 5.12. The molecule has 0 atom stereocenters. The minimum Gasteiger partial charge on any atom is -0.255 e. The van der Waals surface area contributed by atoms with Crippen molar-refractivity contribution in [3.05, 3.63) is 42.0 Å². The average molecular weight is 293 g/mol. The molecular weight excluding hydrogens is 279 g/mol. The van der Waals surface area contributed by atoms with Gasteiger partial charge < -0.3 is 0 Å². The lowest BCUT2D eigenvalue weighted by molar-refractivity contribution is 0.498. The van der Waals surface area contributed by atoms with Crippen LogP contribution in [0.1, 0.15) is 12.0 Å². The third kappa shape index (κ3) is 2.59. The van der Waals surface area contributed by atoms with Crippen LogP contribution < -0.4 is 0 Å². The van der Waals surface area contributed by atoms with Crippen molar-refractivity contribution in [2.75, 3.05) is 13.1 Å². The molecule has 0 amide bonds. The summed E-state index contributed by atoms with van der Waals surface area (Å²) in [6.45, 7) is 1.37. The number of nitrogens with zero attached hydrogens (tertiary/aromatic N) is 4. The molecule has 2 heterocycles. The monoisotopic (exact) mass is 292 g/mol. The normalized spacial score (nSPS) is 16.2. The van der Waals surface area contributed by atoms with Crippen molar-refractivity contribution in [3.63, 3.8) is 0 Å². The van der Waals surface area contributed by atoms with Crippen LogP contribution in [-0.4, -0.2) is 32.3 Å². The molecule has 0 fully saturated rings. The summed E-state index contributed by atoms with van der Waals surface area (Å²) >= 11 is 5.89. The zero-order valence-corrected chi connectivity index (χ0v) is 11.8. The van der Waals surface area contributed by atoms with Gasteiger partial charge in [0, 0.05) is 31.3 Å². The average Bonchev–Trinajstić information content (AvgIpc) is 2.87. The second-order valence-electron chi connectivity index (χ2n) is 4.78. The topological polar surface area (TPSA) is 34.0 Å². The Balaban J connectivity index is 1.92. The van der Waals surface area contributed by atoms with Gasteiger partial charge in [-0.25, -0.2) is 13.8 Å². The largest absolute Gasteiger partial charge is 0.255 e. The van der Waals surface area contributed by atoms with Crippen molar-refractivity contribution in [1.29, 1.82) is 0 Å². The zero-order chi connectivity index (χ0) is 14.1. The Morgan fingerprint density at radius 2 is 2.20 bits per heavy atom. The molecule has 1 aliphatic heterocycles. The summed E-state index contributed by atoms with van der Waals surface area (Å²) in [7, 11) is 1.78. The SMILES string of the molecule is Cn1cnc(-c2ccc(C3=CCN(Cl)CC3)c(F)c2)n1. The predicted molar refractivity (Wildman–Crippen MR) is 76.4 cm³/mol. The summed E-state index contributed by atoms with van der Waals surface area (Å²) in [5.74, 6) is 0.284. The standard InChI is InChI=1S/C14H14ClFN4/c1-19-9-17-14(18-19)11-2-3-12(13(16)8-11)10-4-6-20(15)7-5-10/h2-4,8-9H,5-7H2,1H3. The van der Waals surface area contributed by atoms with Gasteiger partial charge in [0.2, 0.25) is 0 Å². The van der Waals surface area contributed by atoms with Gasteiger partial charge in [-0.2, -0.15) is 5.10 Å². The first-order valence-electron chi connectivity index (χ1n) is 6.39. The molecule has 1 aromatic heterocycles. The van der Waals surface area contributed by atoms with Crippen LogP contribution in [0.3, 0.4) is 0 Å². The highest BCUT2D eigenvalue weighted by molar-refractivity contribution is 6.13. The van der Waals surface area contributed by atoms with Crippen LogP contribution in [0.4, 0.5) is 4.39 Å². The molecule has 0 N–H and O–H groups in total. The fourth-order valence-corrected chi connectivity index (χ4v) is 2.43. The second kappa shape index (κ2) is 5.34. The van der Waals surface area contributed by atoms with Gasteiger partial charge in [0.1, 0.15) is 12.1 Å². The molecule has 3 rings (SSSR count). The van der Waals surface area contributed by atoms with E-state index in [-0.39, 0.29) is 5.82 Å². The molecule has 6 heteroatoms. The number of hydrogen-bond donors (Lipinski definition) is 0. The highest BCUT2D eigenvalue weighted by Crippen LogP contribution is 2.27. The van der Waals surface area contributed by atoms with Gasteiger partial charge in [0.05, 0.1) is 0 Å². The van der Waals surface area contributed by atoms with Crippen molar-refractivity contribution in [2.24, 2.45) is 7.05 Å².